The molecule has 298 valence electrons. The first-order chi connectivity index (χ1) is 24.7. The van der Waals surface area contributed by atoms with Crippen LogP contribution in [-0.2, 0) is 46.7 Å². The lowest BCUT2D eigenvalue weighted by molar-refractivity contribution is -0.311. The average molecular weight is 749 g/mol. The van der Waals surface area contributed by atoms with Gasteiger partial charge in [-0.1, -0.05) is 122 Å². The van der Waals surface area contributed by atoms with Crippen LogP contribution in [0.3, 0.4) is 0 Å². The van der Waals surface area contributed by atoms with Gasteiger partial charge < -0.3 is 29.2 Å². The molecule has 1 heterocycles. The summed E-state index contributed by atoms with van der Waals surface area (Å²) >= 11 is 0. The third-order valence-corrected chi connectivity index (χ3v) is 10.0. The van der Waals surface area contributed by atoms with E-state index < -0.39 is 57.5 Å². The second-order valence-corrected chi connectivity index (χ2v) is 14.8. The Bertz CT molecular complexity index is 947. The number of aliphatic hydroxyl groups is 2. The van der Waals surface area contributed by atoms with Crippen molar-refractivity contribution in [2.24, 2.45) is 0 Å². The van der Waals surface area contributed by atoms with E-state index in [0.717, 1.165) is 44.9 Å². The molecule has 0 aromatic carbocycles. The van der Waals surface area contributed by atoms with E-state index in [1.165, 1.54) is 69.9 Å². The summed E-state index contributed by atoms with van der Waals surface area (Å²) in [7, 11) is -3.96. The highest BCUT2D eigenvalue weighted by Crippen LogP contribution is 2.49. The first-order valence-corrected chi connectivity index (χ1v) is 20.8. The molecular weight excluding hydrogens is 679 g/mol. The number of unbranched alkanes of at least 4 members (excludes halogenated alkanes) is 15. The maximum Gasteiger partial charge on any atom is 0.475 e. The minimum Gasteiger partial charge on any atom is -0.454 e. The highest BCUT2D eigenvalue weighted by molar-refractivity contribution is 7.48. The number of phosphoric ester groups is 1. The van der Waals surface area contributed by atoms with Gasteiger partial charge in [-0.25, -0.2) is 4.57 Å². The number of rotatable bonds is 35. The van der Waals surface area contributed by atoms with E-state index in [4.69, 9.17) is 32.5 Å². The first kappa shape index (κ1) is 47.6. The van der Waals surface area contributed by atoms with Gasteiger partial charge in [-0.15, -0.1) is 13.2 Å². The molecule has 12 nitrogen and oxygen atoms in total. The quantitative estimate of drug-likeness (QED) is 0.0213. The first-order valence-electron chi connectivity index (χ1n) is 19.4. The zero-order valence-electron chi connectivity index (χ0n) is 31.6. The Kier molecular flexibility index (Phi) is 28.8. The van der Waals surface area contributed by atoms with Crippen LogP contribution >= 0.6 is 7.82 Å². The van der Waals surface area contributed by atoms with Crippen LogP contribution in [0.5, 0.6) is 0 Å². The van der Waals surface area contributed by atoms with E-state index in [2.05, 4.69) is 27.0 Å². The van der Waals surface area contributed by atoms with Crippen molar-refractivity contribution in [3.8, 4) is 0 Å². The predicted octanol–water partition coefficient (Wildman–Crippen LogP) is 7.93. The van der Waals surface area contributed by atoms with Gasteiger partial charge in [-0.2, -0.15) is 0 Å². The smallest absolute Gasteiger partial charge is 0.454 e. The van der Waals surface area contributed by atoms with Gasteiger partial charge in [0.2, 0.25) is 0 Å². The number of phosphoric acid groups is 1. The molecule has 0 radical (unpaired) electrons. The molecule has 1 aliphatic rings. The van der Waals surface area contributed by atoms with Crippen molar-refractivity contribution in [2.75, 3.05) is 39.6 Å². The van der Waals surface area contributed by atoms with Gasteiger partial charge in [0.05, 0.1) is 33.0 Å². The second kappa shape index (κ2) is 30.9. The van der Waals surface area contributed by atoms with Crippen LogP contribution in [-0.4, -0.2) is 92.3 Å². The largest absolute Gasteiger partial charge is 0.475 e. The van der Waals surface area contributed by atoms with E-state index >= 15 is 0 Å². The number of hydrogen-bond acceptors (Lipinski definition) is 12. The Morgan fingerprint density at radius 2 is 1.24 bits per heavy atom. The third-order valence-electron chi connectivity index (χ3n) is 8.59. The van der Waals surface area contributed by atoms with Gasteiger partial charge in [-0.05, 0) is 12.8 Å². The second-order valence-electron chi connectivity index (χ2n) is 13.1. The summed E-state index contributed by atoms with van der Waals surface area (Å²) < 4.78 is 52.1. The molecule has 1 aliphatic heterocycles. The summed E-state index contributed by atoms with van der Waals surface area (Å²) in [6, 6.07) is 0. The van der Waals surface area contributed by atoms with Crippen LogP contribution in [0.1, 0.15) is 136 Å². The maximum atomic E-state index is 13.1. The van der Waals surface area contributed by atoms with E-state index in [0.29, 0.717) is 6.42 Å². The summed E-state index contributed by atoms with van der Waals surface area (Å²) in [4.78, 5) is 25.7. The molecular formula is C38H69O12P. The summed E-state index contributed by atoms with van der Waals surface area (Å²) in [6.07, 6.45) is 15.3. The number of ketones is 1. The molecule has 0 bridgehead atoms. The minimum absolute atomic E-state index is 0.0785. The van der Waals surface area contributed by atoms with Crippen LogP contribution in [0.25, 0.3) is 0 Å². The Labute approximate surface area is 307 Å². The lowest BCUT2D eigenvalue weighted by Gasteiger charge is -2.43. The minimum atomic E-state index is -3.96. The Morgan fingerprint density at radius 1 is 0.706 bits per heavy atom. The molecule has 0 aromatic heterocycles. The summed E-state index contributed by atoms with van der Waals surface area (Å²) in [5.74, 6) is -1.02. The molecule has 2 N–H and O–H groups in total. The van der Waals surface area contributed by atoms with Crippen molar-refractivity contribution in [3.05, 3.63) is 25.3 Å². The zero-order chi connectivity index (χ0) is 37.6. The van der Waals surface area contributed by atoms with Crippen molar-refractivity contribution in [3.63, 3.8) is 0 Å². The lowest BCUT2D eigenvalue weighted by Crippen LogP contribution is -2.61. The molecule has 0 spiro atoms. The number of carbonyl (C=O) groups excluding carboxylic acids is 2. The number of ether oxygens (including phenoxy) is 4. The molecule has 0 unspecified atom stereocenters. The van der Waals surface area contributed by atoms with Crippen molar-refractivity contribution in [1.29, 1.82) is 0 Å². The number of carbonyl (C=O) groups is 2. The molecule has 1 rings (SSSR count). The molecule has 5 atom stereocenters. The summed E-state index contributed by atoms with van der Waals surface area (Å²) in [5.41, 5.74) is 0. The normalized spacial score (nSPS) is 20.7. The van der Waals surface area contributed by atoms with Gasteiger partial charge in [-0.3, -0.25) is 23.2 Å². The van der Waals surface area contributed by atoms with Gasteiger partial charge in [0.1, 0.15) is 30.5 Å². The van der Waals surface area contributed by atoms with Gasteiger partial charge >= 0.3 is 13.8 Å². The van der Waals surface area contributed by atoms with Crippen LogP contribution in [0.2, 0.25) is 0 Å². The monoisotopic (exact) mass is 748 g/mol. The van der Waals surface area contributed by atoms with Gasteiger partial charge in [0.25, 0.3) is 0 Å². The van der Waals surface area contributed by atoms with Crippen LogP contribution < -0.4 is 0 Å². The SMILES string of the molecule is C=CCOP(=O)(OCC=C)OCCO[C@H]1O[C@H](CO)[C@@H](O)[C@H](OCCCCCCCCCC)[C@H]1OC(=O)CC(=O)CCCCCCCCCCC. The molecule has 13 heteroatoms. The Hall–Kier alpha value is -1.47. The van der Waals surface area contributed by atoms with Crippen LogP contribution in [0.15, 0.2) is 25.3 Å². The van der Waals surface area contributed by atoms with E-state index in [-0.39, 0.29) is 45.2 Å². The van der Waals surface area contributed by atoms with Crippen molar-refractivity contribution in [1.82, 2.24) is 0 Å². The number of aliphatic hydroxyl groups excluding tert-OH is 2. The van der Waals surface area contributed by atoms with E-state index in [9.17, 15) is 24.4 Å². The molecule has 1 saturated heterocycles. The fourth-order valence-corrected chi connectivity index (χ4v) is 6.83. The fraction of sp³-hybridized carbons (Fsp3) is 0.842. The van der Waals surface area contributed by atoms with Crippen molar-refractivity contribution < 1.29 is 56.9 Å². The third kappa shape index (κ3) is 22.4. The van der Waals surface area contributed by atoms with Gasteiger partial charge in [0.15, 0.2) is 12.4 Å². The Morgan fingerprint density at radius 3 is 1.76 bits per heavy atom. The topological polar surface area (TPSA) is 156 Å². The zero-order valence-corrected chi connectivity index (χ0v) is 32.5. The molecule has 51 heavy (non-hydrogen) atoms. The standard InChI is InChI=1S/C38H69O12P/c1-5-9-11-13-15-17-18-20-22-24-32(40)30-34(41)50-37-36(44-27-23-21-19-16-14-12-10-6-2)35(42)33(31-39)49-38(37)45-28-29-48-51(43,46-25-7-3)47-26-8-4/h7-8,33,35-39,42H,3-6,9-31H2,1-2H3/t33-,35-,36+,37-,38+/m1/s1. The number of esters is 1. The highest BCUT2D eigenvalue weighted by atomic mass is 31.2. The van der Waals surface area contributed by atoms with E-state index in [1.54, 1.807) is 0 Å². The lowest BCUT2D eigenvalue weighted by atomic mass is 9.98. The predicted molar refractivity (Wildman–Crippen MR) is 197 cm³/mol. The molecule has 0 saturated carbocycles. The fourth-order valence-electron chi connectivity index (χ4n) is 5.74. The molecule has 0 amide bonds. The number of Topliss-reactive ketones (excluding diaryl/α,β-unsaturated/α-hetero) is 1. The molecule has 1 fully saturated rings. The maximum absolute atomic E-state index is 13.1. The highest BCUT2D eigenvalue weighted by Gasteiger charge is 2.49. The Balaban J connectivity index is 2.84. The summed E-state index contributed by atoms with van der Waals surface area (Å²) in [6.45, 7) is 10.5. The van der Waals surface area contributed by atoms with E-state index in [1.807, 2.05) is 0 Å². The summed E-state index contributed by atoms with van der Waals surface area (Å²) in [5, 5.41) is 21.1. The number of hydrogen-bond donors (Lipinski definition) is 2. The van der Waals surface area contributed by atoms with Crippen LogP contribution in [0.4, 0.5) is 0 Å². The van der Waals surface area contributed by atoms with Crippen molar-refractivity contribution in [2.45, 2.75) is 167 Å². The average Bonchev–Trinajstić information content (AvgIpc) is 3.12. The van der Waals surface area contributed by atoms with Gasteiger partial charge in [0, 0.05) is 13.0 Å². The molecule has 0 aliphatic carbocycles. The molecule has 0 aromatic rings. The van der Waals surface area contributed by atoms with Crippen LogP contribution in [0, 0.1) is 0 Å². The van der Waals surface area contributed by atoms with Crippen molar-refractivity contribution >= 4 is 19.6 Å².